The molecular weight excluding hydrogens is 863 g/mol. The summed E-state index contributed by atoms with van der Waals surface area (Å²) in [6, 6.07) is -0.556. The smallest absolute Gasteiger partial charge is 0.305 e. The molecule has 0 fully saturated rings. The van der Waals surface area contributed by atoms with Gasteiger partial charge in [-0.15, -0.1) is 0 Å². The Hall–Kier alpha value is -2.18. The van der Waals surface area contributed by atoms with Crippen LogP contribution in [0.1, 0.15) is 322 Å². The first-order valence-electron chi connectivity index (χ1n) is 30.9. The van der Waals surface area contributed by atoms with Crippen molar-refractivity contribution in [3.63, 3.8) is 0 Å². The molecule has 0 bridgehead atoms. The van der Waals surface area contributed by atoms with Crippen LogP contribution in [-0.2, 0) is 14.3 Å². The lowest BCUT2D eigenvalue weighted by molar-refractivity contribution is -0.143. The number of rotatable bonds is 57. The molecule has 410 valence electrons. The molecule has 0 radical (unpaired) electrons. The first-order valence-corrected chi connectivity index (χ1v) is 30.9. The third-order valence-electron chi connectivity index (χ3n) is 14.1. The number of esters is 1. The Morgan fingerprint density at radius 1 is 0.400 bits per heavy atom. The van der Waals surface area contributed by atoms with Gasteiger partial charge in [0.05, 0.1) is 25.4 Å². The molecule has 2 unspecified atom stereocenters. The lowest BCUT2D eigenvalue weighted by atomic mass is 10.0. The molecule has 0 saturated carbocycles. The largest absolute Gasteiger partial charge is 0.466 e. The topological polar surface area (TPSA) is 95.9 Å². The minimum Gasteiger partial charge on any atom is -0.466 e. The summed E-state index contributed by atoms with van der Waals surface area (Å²) in [5.41, 5.74) is 0. The molecule has 0 saturated heterocycles. The normalized spacial score (nSPS) is 12.9. The Kier molecular flexibility index (Phi) is 57.5. The average molecular weight is 983 g/mol. The van der Waals surface area contributed by atoms with E-state index in [1.54, 1.807) is 0 Å². The standard InChI is InChI=1S/C64H119NO5/c1-3-5-7-9-11-13-15-17-19-20-21-22-23-24-26-29-32-36-40-44-48-52-56-62(67)61(60-66)65-63(68)57-53-49-45-41-37-33-30-27-25-28-31-35-39-43-47-51-55-59-70-64(69)58-54-50-46-42-38-34-18-16-14-12-10-8-6-4-2/h10,12,16,18,25,28,35,39,61-62,66-67H,3-9,11,13-15,17,19-24,26-27,29-34,36-38,40-60H2,1-2H3,(H,65,68)/b12-10-,18-16-,28-25-,39-35-. The molecule has 2 atom stereocenters. The molecule has 0 aromatic rings. The fourth-order valence-corrected chi connectivity index (χ4v) is 9.33. The predicted octanol–water partition coefficient (Wildman–Crippen LogP) is 19.4. The highest BCUT2D eigenvalue weighted by molar-refractivity contribution is 5.76. The van der Waals surface area contributed by atoms with Gasteiger partial charge in [-0.05, 0) is 89.9 Å². The second-order valence-corrected chi connectivity index (χ2v) is 21.0. The summed E-state index contributed by atoms with van der Waals surface area (Å²) in [5.74, 6) is -0.0795. The SMILES string of the molecule is CCCC/C=C\C/C=C\CCCCCCCC(=O)OCCCCC/C=C\C/C=C\CCCCCCCCCC(=O)NC(CO)C(O)CCCCCCCCCCCCCCCCCCCCCCCC. The maximum absolute atomic E-state index is 12.5. The molecule has 70 heavy (non-hydrogen) atoms. The number of nitrogens with one attached hydrogen (secondary N) is 1. The molecule has 0 aliphatic heterocycles. The first kappa shape index (κ1) is 67.8. The van der Waals surface area contributed by atoms with Crippen molar-refractivity contribution in [3.8, 4) is 0 Å². The highest BCUT2D eigenvalue weighted by Gasteiger charge is 2.20. The molecule has 6 heteroatoms. The van der Waals surface area contributed by atoms with Crippen molar-refractivity contribution in [2.24, 2.45) is 0 Å². The van der Waals surface area contributed by atoms with Gasteiger partial charge in [0.2, 0.25) is 5.91 Å². The van der Waals surface area contributed by atoms with Gasteiger partial charge in [0.15, 0.2) is 0 Å². The predicted molar refractivity (Wildman–Crippen MR) is 306 cm³/mol. The van der Waals surface area contributed by atoms with E-state index in [2.05, 4.69) is 67.8 Å². The third kappa shape index (κ3) is 55.1. The summed E-state index contributed by atoms with van der Waals surface area (Å²) < 4.78 is 5.44. The van der Waals surface area contributed by atoms with Gasteiger partial charge in [-0.3, -0.25) is 9.59 Å². The van der Waals surface area contributed by atoms with Crippen molar-refractivity contribution >= 4 is 11.9 Å². The molecule has 0 aromatic heterocycles. The number of ether oxygens (including phenoxy) is 1. The summed E-state index contributed by atoms with van der Waals surface area (Å²) in [5, 5.41) is 23.4. The van der Waals surface area contributed by atoms with Crippen LogP contribution in [0.4, 0.5) is 0 Å². The number of amides is 1. The lowest BCUT2D eigenvalue weighted by Crippen LogP contribution is -2.45. The van der Waals surface area contributed by atoms with Crippen molar-refractivity contribution in [3.05, 3.63) is 48.6 Å². The van der Waals surface area contributed by atoms with Crippen molar-refractivity contribution in [2.75, 3.05) is 13.2 Å². The van der Waals surface area contributed by atoms with E-state index in [1.807, 2.05) is 0 Å². The van der Waals surface area contributed by atoms with Crippen molar-refractivity contribution in [2.45, 2.75) is 334 Å². The summed E-state index contributed by atoms with van der Waals surface area (Å²) in [4.78, 5) is 24.5. The van der Waals surface area contributed by atoms with Crippen LogP contribution in [0, 0.1) is 0 Å². The van der Waals surface area contributed by atoms with E-state index in [9.17, 15) is 19.8 Å². The number of unbranched alkanes of at least 4 members (excludes halogenated alkanes) is 38. The van der Waals surface area contributed by atoms with E-state index in [-0.39, 0.29) is 18.5 Å². The van der Waals surface area contributed by atoms with E-state index < -0.39 is 12.1 Å². The molecule has 0 aliphatic carbocycles. The molecule has 0 aliphatic rings. The van der Waals surface area contributed by atoms with E-state index in [1.165, 1.54) is 193 Å². The minimum atomic E-state index is -0.677. The number of hydrogen-bond donors (Lipinski definition) is 3. The van der Waals surface area contributed by atoms with Gasteiger partial charge < -0.3 is 20.3 Å². The Labute approximate surface area is 436 Å². The third-order valence-corrected chi connectivity index (χ3v) is 14.1. The Bertz CT molecular complexity index is 1180. The number of hydrogen-bond acceptors (Lipinski definition) is 5. The maximum Gasteiger partial charge on any atom is 0.305 e. The molecule has 3 N–H and O–H groups in total. The average Bonchev–Trinajstić information content (AvgIpc) is 3.36. The van der Waals surface area contributed by atoms with Gasteiger partial charge in [0, 0.05) is 12.8 Å². The zero-order valence-electron chi connectivity index (χ0n) is 46.7. The van der Waals surface area contributed by atoms with Gasteiger partial charge in [-0.2, -0.15) is 0 Å². The molecular formula is C64H119NO5. The van der Waals surface area contributed by atoms with Crippen LogP contribution in [-0.4, -0.2) is 47.4 Å². The van der Waals surface area contributed by atoms with Crippen LogP contribution >= 0.6 is 0 Å². The Morgan fingerprint density at radius 3 is 1.13 bits per heavy atom. The van der Waals surface area contributed by atoms with E-state index >= 15 is 0 Å². The fourth-order valence-electron chi connectivity index (χ4n) is 9.33. The Morgan fingerprint density at radius 2 is 0.729 bits per heavy atom. The number of aliphatic hydroxyl groups is 2. The molecule has 6 nitrogen and oxygen atoms in total. The van der Waals surface area contributed by atoms with Gasteiger partial charge in [0.1, 0.15) is 0 Å². The van der Waals surface area contributed by atoms with Gasteiger partial charge >= 0.3 is 5.97 Å². The summed E-state index contributed by atoms with van der Waals surface area (Å²) in [6.45, 7) is 4.87. The van der Waals surface area contributed by atoms with Crippen molar-refractivity contribution < 1.29 is 24.5 Å². The van der Waals surface area contributed by atoms with Crippen LogP contribution in [0.5, 0.6) is 0 Å². The number of allylic oxidation sites excluding steroid dienone is 8. The van der Waals surface area contributed by atoms with E-state index in [0.29, 0.717) is 25.9 Å². The molecule has 1 amide bonds. The highest BCUT2D eigenvalue weighted by atomic mass is 16.5. The zero-order chi connectivity index (χ0) is 50.7. The minimum absolute atomic E-state index is 0.0300. The van der Waals surface area contributed by atoms with Crippen LogP contribution in [0.3, 0.4) is 0 Å². The molecule has 0 heterocycles. The second kappa shape index (κ2) is 59.4. The van der Waals surface area contributed by atoms with Gasteiger partial charge in [-0.25, -0.2) is 0 Å². The van der Waals surface area contributed by atoms with Crippen LogP contribution < -0.4 is 5.32 Å². The zero-order valence-corrected chi connectivity index (χ0v) is 46.7. The van der Waals surface area contributed by atoms with Crippen molar-refractivity contribution in [1.82, 2.24) is 5.32 Å². The number of carbonyl (C=O) groups excluding carboxylic acids is 2. The lowest BCUT2D eigenvalue weighted by Gasteiger charge is -2.22. The van der Waals surface area contributed by atoms with E-state index in [4.69, 9.17) is 4.74 Å². The molecule has 0 rings (SSSR count). The summed E-state index contributed by atoms with van der Waals surface area (Å²) >= 11 is 0. The summed E-state index contributed by atoms with van der Waals surface area (Å²) in [7, 11) is 0. The maximum atomic E-state index is 12.5. The number of aliphatic hydroxyl groups excluding tert-OH is 2. The monoisotopic (exact) mass is 982 g/mol. The number of carbonyl (C=O) groups is 2. The van der Waals surface area contributed by atoms with Crippen LogP contribution in [0.2, 0.25) is 0 Å². The van der Waals surface area contributed by atoms with Crippen LogP contribution in [0.15, 0.2) is 48.6 Å². The fraction of sp³-hybridized carbons (Fsp3) is 0.844. The van der Waals surface area contributed by atoms with Gasteiger partial charge in [-0.1, -0.05) is 268 Å². The second-order valence-electron chi connectivity index (χ2n) is 21.0. The van der Waals surface area contributed by atoms with Gasteiger partial charge in [0.25, 0.3) is 0 Å². The molecule has 0 spiro atoms. The van der Waals surface area contributed by atoms with E-state index in [0.717, 1.165) is 96.3 Å². The first-order chi connectivity index (χ1) is 34.5. The van der Waals surface area contributed by atoms with Crippen molar-refractivity contribution in [1.29, 1.82) is 0 Å². The Balaban J connectivity index is 3.50. The summed E-state index contributed by atoms with van der Waals surface area (Å²) in [6.07, 6.45) is 75.4. The quantitative estimate of drug-likeness (QED) is 0.0321. The molecule has 0 aromatic carbocycles. The highest BCUT2D eigenvalue weighted by Crippen LogP contribution is 2.17. The van der Waals surface area contributed by atoms with Crippen LogP contribution in [0.25, 0.3) is 0 Å².